The Hall–Kier alpha value is -2.56. The molecule has 1 aromatic heterocycles. The van der Waals surface area contributed by atoms with Crippen molar-refractivity contribution in [1.29, 1.82) is 0 Å². The zero-order valence-electron chi connectivity index (χ0n) is 18.4. The fourth-order valence-electron chi connectivity index (χ4n) is 3.09. The van der Waals surface area contributed by atoms with Crippen molar-refractivity contribution >= 4 is 27.7 Å². The Kier molecular flexibility index (Phi) is 8.33. The minimum atomic E-state index is -3.76. The number of hydrogen-bond acceptors (Lipinski definition) is 8. The van der Waals surface area contributed by atoms with Gasteiger partial charge in [-0.25, -0.2) is 4.79 Å². The molecule has 0 saturated heterocycles. The first-order chi connectivity index (χ1) is 14.9. The summed E-state index contributed by atoms with van der Waals surface area (Å²) in [4.78, 5) is 25.1. The topological polar surface area (TPSA) is 121 Å². The van der Waals surface area contributed by atoms with Gasteiger partial charge in [-0.05, 0) is 18.9 Å². The SMILES string of the molecule is CCOC(=O)c1cn([C@@H](COS(C)(=O)=O)C(C)C)c(-c2cc(Cl)c(OC)cc2O)cc1=O. The van der Waals surface area contributed by atoms with Crippen LogP contribution in [0, 0.1) is 5.92 Å². The molecule has 0 spiro atoms. The molecule has 11 heteroatoms. The average Bonchev–Trinajstić information content (AvgIpc) is 2.69. The summed E-state index contributed by atoms with van der Waals surface area (Å²) in [6.45, 7) is 5.06. The first-order valence-electron chi connectivity index (χ1n) is 9.74. The molecule has 0 saturated carbocycles. The minimum absolute atomic E-state index is 0.0691. The monoisotopic (exact) mass is 487 g/mol. The lowest BCUT2D eigenvalue weighted by Crippen LogP contribution is -2.28. The lowest BCUT2D eigenvalue weighted by molar-refractivity contribution is 0.0523. The maximum Gasteiger partial charge on any atom is 0.343 e. The third-order valence-corrected chi connectivity index (χ3v) is 5.56. The van der Waals surface area contributed by atoms with E-state index in [0.29, 0.717) is 0 Å². The van der Waals surface area contributed by atoms with Gasteiger partial charge in [0.15, 0.2) is 5.43 Å². The van der Waals surface area contributed by atoms with E-state index >= 15 is 0 Å². The molecule has 1 heterocycles. The Bertz CT molecular complexity index is 1160. The minimum Gasteiger partial charge on any atom is -0.507 e. The van der Waals surface area contributed by atoms with Gasteiger partial charge in [-0.3, -0.25) is 8.98 Å². The number of hydrogen-bond donors (Lipinski definition) is 1. The average molecular weight is 488 g/mol. The smallest absolute Gasteiger partial charge is 0.343 e. The molecule has 0 amide bonds. The van der Waals surface area contributed by atoms with Gasteiger partial charge in [0.25, 0.3) is 10.1 Å². The molecular formula is C21H26ClNO8S. The van der Waals surface area contributed by atoms with E-state index in [2.05, 4.69) is 0 Å². The van der Waals surface area contributed by atoms with Crippen LogP contribution in [0.3, 0.4) is 0 Å². The molecule has 9 nitrogen and oxygen atoms in total. The first-order valence-corrected chi connectivity index (χ1v) is 11.9. The van der Waals surface area contributed by atoms with Crippen LogP contribution in [0.15, 0.2) is 29.2 Å². The van der Waals surface area contributed by atoms with E-state index in [4.69, 9.17) is 25.3 Å². The largest absolute Gasteiger partial charge is 0.507 e. The van der Waals surface area contributed by atoms with Crippen molar-refractivity contribution in [1.82, 2.24) is 4.57 Å². The summed E-state index contributed by atoms with van der Waals surface area (Å²) in [7, 11) is -2.37. The molecule has 1 aromatic carbocycles. The predicted octanol–water partition coefficient (Wildman–Crippen LogP) is 3.23. The number of pyridine rings is 1. The molecular weight excluding hydrogens is 462 g/mol. The zero-order valence-corrected chi connectivity index (χ0v) is 20.0. The molecule has 0 radical (unpaired) electrons. The molecule has 176 valence electrons. The Morgan fingerprint density at radius 3 is 2.44 bits per heavy atom. The predicted molar refractivity (Wildman–Crippen MR) is 120 cm³/mol. The van der Waals surface area contributed by atoms with Crippen molar-refractivity contribution in [2.45, 2.75) is 26.8 Å². The first kappa shape index (κ1) is 25.7. The molecule has 2 rings (SSSR count). The summed E-state index contributed by atoms with van der Waals surface area (Å²) in [6, 6.07) is 3.25. The number of esters is 1. The summed E-state index contributed by atoms with van der Waals surface area (Å²) >= 11 is 6.23. The molecule has 1 atom stereocenters. The molecule has 0 bridgehead atoms. The molecule has 32 heavy (non-hydrogen) atoms. The van der Waals surface area contributed by atoms with Gasteiger partial charge in [-0.1, -0.05) is 25.4 Å². The number of nitrogens with zero attached hydrogens (tertiary/aromatic N) is 1. The molecule has 0 aliphatic rings. The lowest BCUT2D eigenvalue weighted by atomic mass is 10.0. The van der Waals surface area contributed by atoms with Crippen LogP contribution in [0.1, 0.15) is 37.2 Å². The number of phenolic OH excluding ortho intramolecular Hbond substituents is 1. The number of methoxy groups -OCH3 is 1. The Morgan fingerprint density at radius 2 is 1.91 bits per heavy atom. The second-order valence-electron chi connectivity index (χ2n) is 7.37. The van der Waals surface area contributed by atoms with E-state index in [1.807, 2.05) is 13.8 Å². The van der Waals surface area contributed by atoms with E-state index in [0.717, 1.165) is 6.26 Å². The van der Waals surface area contributed by atoms with E-state index < -0.39 is 27.6 Å². The lowest BCUT2D eigenvalue weighted by Gasteiger charge is -2.27. The molecule has 0 aliphatic carbocycles. The summed E-state index contributed by atoms with van der Waals surface area (Å²) in [5.41, 5.74) is -0.471. The highest BCUT2D eigenvalue weighted by atomic mass is 35.5. The second-order valence-corrected chi connectivity index (χ2v) is 9.42. The fourth-order valence-corrected chi connectivity index (χ4v) is 3.72. The number of phenols is 1. The van der Waals surface area contributed by atoms with E-state index in [1.165, 1.54) is 36.1 Å². The Balaban J connectivity index is 2.80. The van der Waals surface area contributed by atoms with Crippen LogP contribution in [0.2, 0.25) is 5.02 Å². The molecule has 2 aromatic rings. The second kappa shape index (κ2) is 10.4. The van der Waals surface area contributed by atoms with Crippen molar-refractivity contribution in [3.63, 3.8) is 0 Å². The van der Waals surface area contributed by atoms with Crippen LogP contribution in [0.4, 0.5) is 0 Å². The highest BCUT2D eigenvalue weighted by Crippen LogP contribution is 2.39. The number of aromatic nitrogens is 1. The summed E-state index contributed by atoms with van der Waals surface area (Å²) < 4.78 is 39.8. The quantitative estimate of drug-likeness (QED) is 0.422. The van der Waals surface area contributed by atoms with Gasteiger partial charge in [0, 0.05) is 23.9 Å². The normalized spacial score (nSPS) is 12.6. The number of rotatable bonds is 9. The van der Waals surface area contributed by atoms with E-state index in [1.54, 1.807) is 6.92 Å². The van der Waals surface area contributed by atoms with Gasteiger partial charge >= 0.3 is 5.97 Å². The van der Waals surface area contributed by atoms with Crippen LogP contribution in [-0.2, 0) is 19.0 Å². The standard InChI is InChI=1S/C21H26ClNO8S/c1-6-30-21(26)14-10-23(17(12(2)3)11-31-32(5,27)28)16(8-18(14)24)13-7-15(22)20(29-4)9-19(13)25/h7-10,12,17,25H,6,11H2,1-5H3/t17-/m0/s1. The number of carbonyl (C=O) groups excluding carboxylic acids is 1. The zero-order chi connectivity index (χ0) is 24.2. The number of benzene rings is 1. The van der Waals surface area contributed by atoms with Crippen LogP contribution in [0.5, 0.6) is 11.5 Å². The van der Waals surface area contributed by atoms with E-state index in [-0.39, 0.29) is 52.5 Å². The van der Waals surface area contributed by atoms with Crippen LogP contribution in [-0.4, -0.2) is 50.6 Å². The highest BCUT2D eigenvalue weighted by molar-refractivity contribution is 7.85. The van der Waals surface area contributed by atoms with Crippen molar-refractivity contribution in [2.75, 3.05) is 26.6 Å². The number of carbonyl (C=O) groups is 1. The maximum atomic E-state index is 12.7. The van der Waals surface area contributed by atoms with Gasteiger partial charge in [0.1, 0.15) is 17.1 Å². The molecule has 0 unspecified atom stereocenters. The molecule has 0 fully saturated rings. The van der Waals surface area contributed by atoms with Gasteiger partial charge in [-0.15, -0.1) is 0 Å². The van der Waals surface area contributed by atoms with Gasteiger partial charge in [-0.2, -0.15) is 8.42 Å². The number of halogens is 1. The molecule has 1 N–H and O–H groups in total. The van der Waals surface area contributed by atoms with Gasteiger partial charge < -0.3 is 19.1 Å². The van der Waals surface area contributed by atoms with Crippen molar-refractivity contribution in [3.05, 3.63) is 45.2 Å². The summed E-state index contributed by atoms with van der Waals surface area (Å²) in [5, 5.41) is 10.8. The van der Waals surface area contributed by atoms with Crippen molar-refractivity contribution < 1.29 is 32.0 Å². The summed E-state index contributed by atoms with van der Waals surface area (Å²) in [5.74, 6) is -1.01. The third-order valence-electron chi connectivity index (χ3n) is 4.70. The summed E-state index contributed by atoms with van der Waals surface area (Å²) in [6.07, 6.45) is 2.21. The fraction of sp³-hybridized carbons (Fsp3) is 0.429. The number of ether oxygens (including phenoxy) is 2. The maximum absolute atomic E-state index is 12.7. The van der Waals surface area contributed by atoms with Crippen LogP contribution < -0.4 is 10.2 Å². The third kappa shape index (κ3) is 6.02. The Morgan fingerprint density at radius 1 is 1.25 bits per heavy atom. The Labute approximate surface area is 191 Å². The van der Waals surface area contributed by atoms with Gasteiger partial charge in [0.05, 0.1) is 43.3 Å². The van der Waals surface area contributed by atoms with Gasteiger partial charge in [0.2, 0.25) is 0 Å². The van der Waals surface area contributed by atoms with Crippen LogP contribution >= 0.6 is 11.6 Å². The molecule has 0 aliphatic heterocycles. The number of aromatic hydroxyl groups is 1. The van der Waals surface area contributed by atoms with Crippen LogP contribution in [0.25, 0.3) is 11.3 Å². The van der Waals surface area contributed by atoms with Crippen molar-refractivity contribution in [3.8, 4) is 22.8 Å². The van der Waals surface area contributed by atoms with Crippen molar-refractivity contribution in [2.24, 2.45) is 5.92 Å². The highest BCUT2D eigenvalue weighted by Gasteiger charge is 2.25. The van der Waals surface area contributed by atoms with E-state index in [9.17, 15) is 23.1 Å².